The molecule has 1 aromatic heterocycles. The van der Waals surface area contributed by atoms with Crippen LogP contribution in [0.5, 0.6) is 0 Å². The largest absolute Gasteiger partial charge is 0.320 e. The van der Waals surface area contributed by atoms with Crippen LogP contribution in [-0.2, 0) is 29.1 Å². The van der Waals surface area contributed by atoms with Crippen LogP contribution in [0.25, 0.3) is 22.3 Å². The number of hydrogen-bond donors (Lipinski definition) is 1. The Morgan fingerprint density at radius 1 is 1.00 bits per heavy atom. The molecule has 170 valence electrons. The van der Waals surface area contributed by atoms with Crippen molar-refractivity contribution < 1.29 is 9.09 Å². The monoisotopic (exact) mass is 481 g/mol. The van der Waals surface area contributed by atoms with E-state index in [1.807, 2.05) is 43.3 Å². The first kappa shape index (κ1) is 23.4. The molecular formula is C25H25ClN3O3P. The molecule has 1 unspecified atom stereocenters. The molecule has 4 rings (SSSR count). The molecule has 0 aliphatic heterocycles. The van der Waals surface area contributed by atoms with Gasteiger partial charge in [-0.1, -0.05) is 60.1 Å². The second-order valence-corrected chi connectivity index (χ2v) is 9.38. The summed E-state index contributed by atoms with van der Waals surface area (Å²) >= 11 is 6.09. The molecule has 1 atom stereocenters. The lowest BCUT2D eigenvalue weighted by molar-refractivity contribution is 0.342. The van der Waals surface area contributed by atoms with E-state index < -0.39 is 8.18 Å². The number of aromatic nitrogens is 2. The van der Waals surface area contributed by atoms with Gasteiger partial charge in [0.2, 0.25) is 0 Å². The Morgan fingerprint density at radius 3 is 2.30 bits per heavy atom. The van der Waals surface area contributed by atoms with Crippen molar-refractivity contribution in [2.24, 2.45) is 7.05 Å². The Balaban J connectivity index is 1.48. The predicted molar refractivity (Wildman–Crippen MR) is 134 cm³/mol. The Hall–Kier alpha value is -2.76. The van der Waals surface area contributed by atoms with Crippen LogP contribution in [0.2, 0.25) is 5.02 Å². The van der Waals surface area contributed by atoms with Crippen LogP contribution >= 0.6 is 19.8 Å². The summed E-state index contributed by atoms with van der Waals surface area (Å²) in [5.74, 6) is 0.601. The number of nitrogens with one attached hydrogen (secondary N) is 1. The Labute approximate surface area is 198 Å². The molecular weight excluding hydrogens is 457 g/mol. The maximum absolute atomic E-state index is 12.7. The van der Waals surface area contributed by atoms with E-state index in [-0.39, 0.29) is 5.56 Å². The number of hydrogen-bond acceptors (Lipinski definition) is 4. The van der Waals surface area contributed by atoms with E-state index in [0.717, 1.165) is 23.1 Å². The lowest BCUT2D eigenvalue weighted by Gasteiger charge is -2.11. The van der Waals surface area contributed by atoms with Gasteiger partial charge >= 0.3 is 0 Å². The zero-order valence-electron chi connectivity index (χ0n) is 18.5. The van der Waals surface area contributed by atoms with Crippen molar-refractivity contribution in [2.75, 3.05) is 6.61 Å². The summed E-state index contributed by atoms with van der Waals surface area (Å²) < 4.78 is 18.2. The highest BCUT2D eigenvalue weighted by atomic mass is 35.5. The topological polar surface area (TPSA) is 73.2 Å². The Morgan fingerprint density at radius 2 is 1.64 bits per heavy atom. The fourth-order valence-corrected chi connectivity index (χ4v) is 4.52. The minimum Gasteiger partial charge on any atom is -0.320 e. The third-order valence-electron chi connectivity index (χ3n) is 5.39. The van der Waals surface area contributed by atoms with E-state index in [1.165, 1.54) is 5.56 Å². The molecule has 0 saturated carbocycles. The smallest absolute Gasteiger partial charge is 0.261 e. The number of nitrogens with zero attached hydrogens (tertiary/aromatic N) is 2. The van der Waals surface area contributed by atoms with Crippen molar-refractivity contribution in [1.82, 2.24) is 14.6 Å². The summed E-state index contributed by atoms with van der Waals surface area (Å²) in [6, 6.07) is 21.4. The third-order valence-corrected chi connectivity index (χ3v) is 6.65. The molecule has 33 heavy (non-hydrogen) atoms. The SMILES string of the molecule is CCO[PH](=O)NCc1ccc(Cc2ccc(-c3nc4cc(Cl)ccc4c(=O)n3C)cc2)cc1. The van der Waals surface area contributed by atoms with Crippen LogP contribution in [0.15, 0.2) is 71.5 Å². The molecule has 1 N–H and O–H groups in total. The van der Waals surface area contributed by atoms with Crippen molar-refractivity contribution in [3.63, 3.8) is 0 Å². The molecule has 3 aromatic carbocycles. The molecule has 0 aliphatic rings. The quantitative estimate of drug-likeness (QED) is 0.343. The zero-order valence-corrected chi connectivity index (χ0v) is 20.2. The van der Waals surface area contributed by atoms with Crippen molar-refractivity contribution >= 4 is 30.7 Å². The van der Waals surface area contributed by atoms with Crippen LogP contribution in [0.3, 0.4) is 0 Å². The van der Waals surface area contributed by atoms with Gasteiger partial charge in [-0.15, -0.1) is 0 Å². The van der Waals surface area contributed by atoms with Gasteiger partial charge in [0.25, 0.3) is 13.7 Å². The zero-order chi connectivity index (χ0) is 23.4. The number of rotatable bonds is 8. The van der Waals surface area contributed by atoms with Gasteiger partial charge in [0.1, 0.15) is 5.82 Å². The average molecular weight is 482 g/mol. The summed E-state index contributed by atoms with van der Waals surface area (Å²) in [4.78, 5) is 17.4. The van der Waals surface area contributed by atoms with Crippen LogP contribution < -0.4 is 10.6 Å². The average Bonchev–Trinajstić information content (AvgIpc) is 2.81. The predicted octanol–water partition coefficient (Wildman–Crippen LogP) is 5.36. The highest BCUT2D eigenvalue weighted by molar-refractivity contribution is 7.36. The Kier molecular flexibility index (Phi) is 7.41. The first-order valence-electron chi connectivity index (χ1n) is 10.7. The van der Waals surface area contributed by atoms with Gasteiger partial charge in [0.15, 0.2) is 0 Å². The van der Waals surface area contributed by atoms with Crippen molar-refractivity contribution in [3.8, 4) is 11.4 Å². The standard InChI is InChI=1S/C25H25ClN3O3P/c1-3-32-33(31)27-16-19-6-4-17(5-7-19)14-18-8-10-20(11-9-18)24-28-23-15-21(26)12-13-22(23)25(30)29(24)2/h4-13,15,33H,3,14,16H2,1-2H3,(H,27,31). The molecule has 6 nitrogen and oxygen atoms in total. The summed E-state index contributed by atoms with van der Waals surface area (Å²) in [6.07, 6.45) is 0.781. The minimum absolute atomic E-state index is 0.100. The van der Waals surface area contributed by atoms with Gasteiger partial charge in [-0.05, 0) is 48.2 Å². The second-order valence-electron chi connectivity index (χ2n) is 7.73. The van der Waals surface area contributed by atoms with Gasteiger partial charge in [0, 0.05) is 24.2 Å². The summed E-state index contributed by atoms with van der Waals surface area (Å²) in [5, 5.41) is 4.00. The maximum Gasteiger partial charge on any atom is 0.261 e. The third kappa shape index (κ3) is 5.60. The van der Waals surface area contributed by atoms with Gasteiger partial charge < -0.3 is 4.52 Å². The highest BCUT2D eigenvalue weighted by Crippen LogP contribution is 2.22. The molecule has 1 heterocycles. The number of benzene rings is 3. The van der Waals surface area contributed by atoms with Gasteiger partial charge in [-0.3, -0.25) is 13.9 Å². The maximum atomic E-state index is 12.7. The summed E-state index contributed by atoms with van der Waals surface area (Å²) in [7, 11) is -0.445. The van der Waals surface area contributed by atoms with Crippen LogP contribution in [0.1, 0.15) is 23.6 Å². The second kappa shape index (κ2) is 10.4. The van der Waals surface area contributed by atoms with E-state index >= 15 is 0 Å². The van der Waals surface area contributed by atoms with Crippen molar-refractivity contribution in [3.05, 3.63) is 98.8 Å². The van der Waals surface area contributed by atoms with Crippen molar-refractivity contribution in [2.45, 2.75) is 19.9 Å². The molecule has 0 aliphatic carbocycles. The van der Waals surface area contributed by atoms with E-state index in [9.17, 15) is 9.36 Å². The van der Waals surface area contributed by atoms with Crippen molar-refractivity contribution in [1.29, 1.82) is 0 Å². The number of fused-ring (bicyclic) bond motifs is 1. The molecule has 8 heteroatoms. The highest BCUT2D eigenvalue weighted by Gasteiger charge is 2.11. The summed E-state index contributed by atoms with van der Waals surface area (Å²) in [5.41, 5.74) is 4.74. The van der Waals surface area contributed by atoms with E-state index in [1.54, 1.807) is 29.8 Å². The lowest BCUT2D eigenvalue weighted by Crippen LogP contribution is -2.20. The van der Waals surface area contributed by atoms with Crippen LogP contribution in [-0.4, -0.2) is 16.2 Å². The van der Waals surface area contributed by atoms with E-state index in [2.05, 4.69) is 22.2 Å². The van der Waals surface area contributed by atoms with Crippen LogP contribution in [0, 0.1) is 0 Å². The normalized spacial score (nSPS) is 12.2. The van der Waals surface area contributed by atoms with E-state index in [0.29, 0.717) is 34.9 Å². The van der Waals surface area contributed by atoms with Gasteiger partial charge in [-0.2, -0.15) is 0 Å². The molecule has 0 spiro atoms. The first-order valence-corrected chi connectivity index (χ1v) is 12.4. The minimum atomic E-state index is -2.18. The molecule has 0 saturated heterocycles. The molecule has 0 bridgehead atoms. The molecule has 0 amide bonds. The van der Waals surface area contributed by atoms with Crippen LogP contribution in [0.4, 0.5) is 0 Å². The number of halogens is 1. The van der Waals surface area contributed by atoms with Gasteiger partial charge in [-0.25, -0.2) is 10.1 Å². The Bertz CT molecular complexity index is 1350. The van der Waals surface area contributed by atoms with Gasteiger partial charge in [0.05, 0.1) is 17.5 Å². The first-order chi connectivity index (χ1) is 15.9. The summed E-state index contributed by atoms with van der Waals surface area (Å²) in [6.45, 7) is 2.76. The van der Waals surface area contributed by atoms with E-state index in [4.69, 9.17) is 16.1 Å². The fraction of sp³-hybridized carbons (Fsp3) is 0.200. The molecule has 4 aromatic rings. The molecule has 0 radical (unpaired) electrons. The molecule has 0 fully saturated rings. The fourth-order valence-electron chi connectivity index (χ4n) is 3.64. The lowest BCUT2D eigenvalue weighted by atomic mass is 10.0.